The summed E-state index contributed by atoms with van der Waals surface area (Å²) in [5, 5.41) is 0. The van der Waals surface area contributed by atoms with E-state index in [1.165, 1.54) is 21.7 Å². The molecular weight excluding hydrogens is 196 g/mol. The van der Waals surface area contributed by atoms with Crippen LogP contribution < -0.4 is 10.6 Å². The van der Waals surface area contributed by atoms with Gasteiger partial charge in [-0.15, -0.1) is 0 Å². The summed E-state index contributed by atoms with van der Waals surface area (Å²) in [5.41, 5.74) is 8.74. The van der Waals surface area contributed by atoms with Gasteiger partial charge in [-0.2, -0.15) is 0 Å². The molecule has 0 aromatic heterocycles. The second-order valence-electron chi connectivity index (χ2n) is 4.27. The maximum absolute atomic E-state index is 3.89. The molecule has 0 saturated heterocycles. The summed E-state index contributed by atoms with van der Waals surface area (Å²) in [4.78, 5) is 1.35. The molecule has 82 valence electrons. The molecule has 0 fully saturated rings. The Labute approximate surface area is 96.3 Å². The van der Waals surface area contributed by atoms with Crippen LogP contribution in [0.1, 0.15) is 0 Å². The molecule has 0 aliphatic rings. The summed E-state index contributed by atoms with van der Waals surface area (Å²) in [6.07, 6.45) is 0. The van der Waals surface area contributed by atoms with E-state index < -0.39 is 0 Å². The van der Waals surface area contributed by atoms with Gasteiger partial charge in [0.25, 0.3) is 0 Å². The lowest BCUT2D eigenvalue weighted by molar-refractivity contribution is -0.786. The van der Waals surface area contributed by atoms with Crippen molar-refractivity contribution in [2.75, 3.05) is 14.1 Å². The fraction of sp³-hybridized carbons (Fsp3) is 0.143. The molecule has 0 amide bonds. The normalized spacial score (nSPS) is 10.8. The van der Waals surface area contributed by atoms with Crippen LogP contribution in [0.4, 0.5) is 11.4 Å². The summed E-state index contributed by atoms with van der Waals surface area (Å²) in [6, 6.07) is 17.0. The van der Waals surface area contributed by atoms with Crippen LogP contribution in [0.5, 0.6) is 0 Å². The van der Waals surface area contributed by atoms with Gasteiger partial charge in [0.1, 0.15) is 11.4 Å². The quantitative estimate of drug-likeness (QED) is 0.747. The lowest BCUT2D eigenvalue weighted by Gasteiger charge is -2.07. The number of hydrogen-bond donors (Lipinski definition) is 2. The Bertz CT molecular complexity index is 455. The fourth-order valence-corrected chi connectivity index (χ4v) is 1.69. The SMILES string of the molecule is C[NH+](C)c1ccc(-c2ccc([NH3+])cc2)cc1. The van der Waals surface area contributed by atoms with E-state index in [-0.39, 0.29) is 0 Å². The maximum atomic E-state index is 3.89. The van der Waals surface area contributed by atoms with E-state index >= 15 is 0 Å². The zero-order valence-corrected chi connectivity index (χ0v) is 9.83. The van der Waals surface area contributed by atoms with Crippen molar-refractivity contribution in [3.05, 3.63) is 48.5 Å². The van der Waals surface area contributed by atoms with Crippen LogP contribution in [0.2, 0.25) is 0 Å². The van der Waals surface area contributed by atoms with Crippen molar-refractivity contribution < 1.29 is 10.6 Å². The zero-order chi connectivity index (χ0) is 11.5. The van der Waals surface area contributed by atoms with E-state index in [1.807, 2.05) is 12.1 Å². The molecule has 0 saturated carbocycles. The Balaban J connectivity index is 2.31. The third-order valence-electron chi connectivity index (χ3n) is 2.75. The van der Waals surface area contributed by atoms with E-state index in [9.17, 15) is 0 Å². The molecule has 0 heterocycles. The molecule has 2 aromatic rings. The highest BCUT2D eigenvalue weighted by molar-refractivity contribution is 5.65. The average Bonchev–Trinajstić information content (AvgIpc) is 2.30. The summed E-state index contributed by atoms with van der Waals surface area (Å²) < 4.78 is 0. The van der Waals surface area contributed by atoms with Gasteiger partial charge in [-0.25, -0.2) is 0 Å². The van der Waals surface area contributed by atoms with Crippen LogP contribution in [0, 0.1) is 0 Å². The van der Waals surface area contributed by atoms with Crippen molar-refractivity contribution in [3.63, 3.8) is 0 Å². The highest BCUT2D eigenvalue weighted by Gasteiger charge is 2.02. The first-order chi connectivity index (χ1) is 7.66. The molecule has 2 heteroatoms. The van der Waals surface area contributed by atoms with Crippen LogP contribution in [-0.2, 0) is 0 Å². The third-order valence-corrected chi connectivity index (χ3v) is 2.75. The Hall–Kier alpha value is -1.64. The Kier molecular flexibility index (Phi) is 3.04. The van der Waals surface area contributed by atoms with Crippen molar-refractivity contribution in [1.29, 1.82) is 0 Å². The van der Waals surface area contributed by atoms with Gasteiger partial charge in [0.15, 0.2) is 0 Å². The summed E-state index contributed by atoms with van der Waals surface area (Å²) in [7, 11) is 4.26. The minimum absolute atomic E-state index is 1.05. The predicted octanol–water partition coefficient (Wildman–Crippen LogP) is 1.00. The number of rotatable bonds is 2. The largest absolute Gasteiger partial charge is 0.325 e. The number of quaternary nitrogens is 2. The molecule has 0 aliphatic heterocycles. The molecule has 2 aromatic carbocycles. The van der Waals surface area contributed by atoms with Crippen LogP contribution in [0.3, 0.4) is 0 Å². The Morgan fingerprint density at radius 3 is 1.62 bits per heavy atom. The molecule has 0 aliphatic carbocycles. The lowest BCUT2D eigenvalue weighted by Crippen LogP contribution is -3.00. The monoisotopic (exact) mass is 214 g/mol. The van der Waals surface area contributed by atoms with Crippen LogP contribution in [0.25, 0.3) is 11.1 Å². The Morgan fingerprint density at radius 2 is 1.19 bits per heavy atom. The molecule has 2 rings (SSSR count). The maximum Gasteiger partial charge on any atom is 0.130 e. The molecule has 4 N–H and O–H groups in total. The third kappa shape index (κ3) is 2.30. The summed E-state index contributed by atoms with van der Waals surface area (Å²) in [5.74, 6) is 0. The fourth-order valence-electron chi connectivity index (χ4n) is 1.69. The van der Waals surface area contributed by atoms with E-state index in [1.54, 1.807) is 0 Å². The van der Waals surface area contributed by atoms with Gasteiger partial charge in [0, 0.05) is 0 Å². The summed E-state index contributed by atoms with van der Waals surface area (Å²) >= 11 is 0. The van der Waals surface area contributed by atoms with Crippen molar-refractivity contribution in [2.24, 2.45) is 0 Å². The predicted molar refractivity (Wildman–Crippen MR) is 66.9 cm³/mol. The molecule has 0 spiro atoms. The van der Waals surface area contributed by atoms with Crippen molar-refractivity contribution in [3.8, 4) is 11.1 Å². The Morgan fingerprint density at radius 1 is 0.750 bits per heavy atom. The first kappa shape index (κ1) is 10.9. The highest BCUT2D eigenvalue weighted by Crippen LogP contribution is 2.20. The topological polar surface area (TPSA) is 32.1 Å². The van der Waals surface area contributed by atoms with E-state index in [0.29, 0.717) is 0 Å². The van der Waals surface area contributed by atoms with Crippen LogP contribution in [0.15, 0.2) is 48.5 Å². The standard InChI is InChI=1S/C14H16N2/c1-16(2)14-9-5-12(6-10-14)11-3-7-13(15)8-4-11/h3-10H,15H2,1-2H3/p+2. The van der Waals surface area contributed by atoms with E-state index in [0.717, 1.165) is 5.69 Å². The molecule has 0 radical (unpaired) electrons. The molecule has 0 unspecified atom stereocenters. The molecule has 0 atom stereocenters. The van der Waals surface area contributed by atoms with E-state index in [2.05, 4.69) is 56.2 Å². The molecule has 2 nitrogen and oxygen atoms in total. The number of nitrogens with one attached hydrogen (secondary N) is 1. The summed E-state index contributed by atoms with van der Waals surface area (Å²) in [6.45, 7) is 0. The average molecular weight is 214 g/mol. The highest BCUT2D eigenvalue weighted by atomic mass is 15.1. The van der Waals surface area contributed by atoms with Gasteiger partial charge in [-0.1, -0.05) is 0 Å². The minimum atomic E-state index is 1.05. The second kappa shape index (κ2) is 4.47. The van der Waals surface area contributed by atoms with Crippen LogP contribution >= 0.6 is 0 Å². The van der Waals surface area contributed by atoms with Crippen molar-refractivity contribution in [2.45, 2.75) is 0 Å². The van der Waals surface area contributed by atoms with Gasteiger partial charge in [-0.05, 0) is 59.7 Å². The number of benzene rings is 2. The van der Waals surface area contributed by atoms with E-state index in [4.69, 9.17) is 0 Å². The van der Waals surface area contributed by atoms with Crippen molar-refractivity contribution >= 4 is 11.4 Å². The first-order valence-corrected chi connectivity index (χ1v) is 5.50. The van der Waals surface area contributed by atoms with Gasteiger partial charge in [0.2, 0.25) is 0 Å². The molecule has 16 heavy (non-hydrogen) atoms. The second-order valence-corrected chi connectivity index (χ2v) is 4.27. The molecule has 0 bridgehead atoms. The van der Waals surface area contributed by atoms with Gasteiger partial charge < -0.3 is 10.6 Å². The smallest absolute Gasteiger partial charge is 0.130 e. The van der Waals surface area contributed by atoms with Crippen LogP contribution in [-0.4, -0.2) is 14.1 Å². The van der Waals surface area contributed by atoms with Crippen molar-refractivity contribution in [1.82, 2.24) is 0 Å². The number of hydrogen-bond acceptors (Lipinski definition) is 0. The minimum Gasteiger partial charge on any atom is -0.325 e. The van der Waals surface area contributed by atoms with Gasteiger partial charge in [0.05, 0.1) is 14.1 Å². The lowest BCUT2D eigenvalue weighted by atomic mass is 10.1. The van der Waals surface area contributed by atoms with Gasteiger partial charge in [-0.3, -0.25) is 0 Å². The first-order valence-electron chi connectivity index (χ1n) is 5.50. The molecular formula is C14H18N2+2. The zero-order valence-electron chi connectivity index (χ0n) is 9.83. The van der Waals surface area contributed by atoms with Gasteiger partial charge >= 0.3 is 0 Å².